The lowest BCUT2D eigenvalue weighted by molar-refractivity contribution is -0.118. The summed E-state index contributed by atoms with van der Waals surface area (Å²) in [5.41, 5.74) is 2.23. The predicted octanol–water partition coefficient (Wildman–Crippen LogP) is 4.60. The van der Waals surface area contributed by atoms with Crippen molar-refractivity contribution in [3.05, 3.63) is 29.8 Å². The Bertz CT molecular complexity index is 568. The van der Waals surface area contributed by atoms with Crippen molar-refractivity contribution >= 4 is 31.5 Å². The number of rotatable bonds is 5. The lowest BCUT2D eigenvalue weighted by atomic mass is 10.2. The Morgan fingerprint density at radius 1 is 1.35 bits per heavy atom. The fourth-order valence-corrected chi connectivity index (χ4v) is 3.76. The maximum absolute atomic E-state index is 12.6. The zero-order chi connectivity index (χ0) is 17.3. The molecule has 0 radical (unpaired) electrons. The number of benzene rings is 1. The molecule has 1 unspecified atom stereocenters. The zero-order valence-electron chi connectivity index (χ0n) is 14.9. The lowest BCUT2D eigenvalue weighted by Crippen LogP contribution is -2.42. The molecule has 1 amide bonds. The summed E-state index contributed by atoms with van der Waals surface area (Å²) in [5.74, 6) is -0.00421. The van der Waals surface area contributed by atoms with Crippen LogP contribution in [0.25, 0.3) is 0 Å². The van der Waals surface area contributed by atoms with Crippen LogP contribution >= 0.6 is 11.6 Å². The van der Waals surface area contributed by atoms with Crippen molar-refractivity contribution in [2.75, 3.05) is 18.1 Å². The first-order valence-corrected chi connectivity index (χ1v) is 11.7. The van der Waals surface area contributed by atoms with Gasteiger partial charge in [0.2, 0.25) is 5.91 Å². The number of hydrogen-bond acceptors (Lipinski definition) is 2. The number of amides is 1. The van der Waals surface area contributed by atoms with Crippen molar-refractivity contribution in [1.82, 2.24) is 0 Å². The van der Waals surface area contributed by atoms with E-state index >= 15 is 0 Å². The number of nitrogens with zero attached hydrogens (tertiary/aromatic N) is 1. The molecule has 2 rings (SSSR count). The largest absolute Gasteiger partial charge is 0.417 e. The van der Waals surface area contributed by atoms with Crippen LogP contribution in [-0.4, -0.2) is 32.8 Å². The molecule has 5 heteroatoms. The average Bonchev–Trinajstić information content (AvgIpc) is 2.88. The van der Waals surface area contributed by atoms with Gasteiger partial charge in [-0.1, -0.05) is 39.0 Å². The van der Waals surface area contributed by atoms with Crippen LogP contribution < -0.4 is 4.90 Å². The fraction of sp³-hybridized carbons (Fsp3) is 0.611. The quantitative estimate of drug-likeness (QED) is 0.572. The van der Waals surface area contributed by atoms with Crippen LogP contribution in [0.2, 0.25) is 18.1 Å². The molecule has 0 saturated heterocycles. The maximum atomic E-state index is 12.6. The van der Waals surface area contributed by atoms with Crippen LogP contribution in [0.3, 0.4) is 0 Å². The van der Waals surface area contributed by atoms with E-state index in [9.17, 15) is 4.79 Å². The van der Waals surface area contributed by atoms with E-state index in [0.717, 1.165) is 18.7 Å². The Balaban J connectivity index is 1.90. The number of hydrogen-bond donors (Lipinski definition) is 0. The SMILES string of the molecule is CC(C)(C)[Si](C)(C)OCCC(Cl)C(=O)N1CCc2ccccc21. The second kappa shape index (κ2) is 6.95. The van der Waals surface area contributed by atoms with Crippen molar-refractivity contribution in [3.63, 3.8) is 0 Å². The van der Waals surface area contributed by atoms with Crippen molar-refractivity contribution in [2.45, 2.75) is 57.1 Å². The maximum Gasteiger partial charge on any atom is 0.245 e. The molecule has 1 heterocycles. The second-order valence-corrected chi connectivity index (χ2v) is 13.1. The molecule has 0 saturated carbocycles. The molecule has 0 aliphatic carbocycles. The minimum absolute atomic E-state index is 0.00421. The molecule has 0 aromatic heterocycles. The van der Waals surface area contributed by atoms with Gasteiger partial charge in [-0.25, -0.2) is 0 Å². The Labute approximate surface area is 146 Å². The van der Waals surface area contributed by atoms with Crippen LogP contribution in [-0.2, 0) is 15.6 Å². The van der Waals surface area contributed by atoms with Crippen molar-refractivity contribution < 1.29 is 9.22 Å². The first-order chi connectivity index (χ1) is 10.6. The summed E-state index contributed by atoms with van der Waals surface area (Å²) < 4.78 is 6.13. The number of para-hydroxylation sites is 1. The highest BCUT2D eigenvalue weighted by molar-refractivity contribution is 6.74. The highest BCUT2D eigenvalue weighted by Crippen LogP contribution is 2.36. The third-order valence-corrected chi connectivity index (χ3v) is 10.0. The van der Waals surface area contributed by atoms with E-state index in [4.69, 9.17) is 16.0 Å². The number of anilines is 1. The average molecular weight is 354 g/mol. The highest BCUT2D eigenvalue weighted by Gasteiger charge is 2.37. The summed E-state index contributed by atoms with van der Waals surface area (Å²) in [6.45, 7) is 12.3. The molecule has 1 aromatic carbocycles. The summed E-state index contributed by atoms with van der Waals surface area (Å²) in [5, 5.41) is -0.349. The third-order valence-electron chi connectivity index (χ3n) is 5.06. The summed E-state index contributed by atoms with van der Waals surface area (Å²) in [4.78, 5) is 14.4. The van der Waals surface area contributed by atoms with Crippen LogP contribution in [0, 0.1) is 0 Å². The highest BCUT2D eigenvalue weighted by atomic mass is 35.5. The summed E-state index contributed by atoms with van der Waals surface area (Å²) in [7, 11) is -1.78. The molecule has 0 N–H and O–H groups in total. The van der Waals surface area contributed by atoms with Crippen molar-refractivity contribution in [3.8, 4) is 0 Å². The van der Waals surface area contributed by atoms with E-state index in [1.54, 1.807) is 0 Å². The van der Waals surface area contributed by atoms with Gasteiger partial charge in [0.15, 0.2) is 8.32 Å². The van der Waals surface area contributed by atoms with Crippen molar-refractivity contribution in [2.24, 2.45) is 0 Å². The Morgan fingerprint density at radius 2 is 2.00 bits per heavy atom. The topological polar surface area (TPSA) is 29.5 Å². The number of carbonyl (C=O) groups excluding carboxylic acids is 1. The smallest absolute Gasteiger partial charge is 0.245 e. The molecule has 1 atom stereocenters. The molecule has 1 aliphatic rings. The standard InChI is InChI=1S/C18H28ClNO2Si/c1-18(2,3)23(4,5)22-13-11-15(19)17(21)20-12-10-14-8-6-7-9-16(14)20/h6-9,15H,10-13H2,1-5H3. The first-order valence-electron chi connectivity index (χ1n) is 8.31. The number of carbonyl (C=O) groups is 1. The molecule has 3 nitrogen and oxygen atoms in total. The van der Waals surface area contributed by atoms with Crippen LogP contribution in [0.1, 0.15) is 32.8 Å². The van der Waals surface area contributed by atoms with E-state index < -0.39 is 13.7 Å². The van der Waals surface area contributed by atoms with Gasteiger partial charge in [0.05, 0.1) is 0 Å². The lowest BCUT2D eigenvalue weighted by Gasteiger charge is -2.36. The van der Waals surface area contributed by atoms with Gasteiger partial charge in [0.25, 0.3) is 0 Å². The first kappa shape index (κ1) is 18.5. The van der Waals surface area contributed by atoms with E-state index in [1.807, 2.05) is 23.1 Å². The Hall–Kier alpha value is -0.843. The van der Waals surface area contributed by atoms with Crippen LogP contribution in [0.5, 0.6) is 0 Å². The molecular formula is C18H28ClNO2Si. The number of fused-ring (bicyclic) bond motifs is 1. The fourth-order valence-electron chi connectivity index (χ4n) is 2.49. The van der Waals surface area contributed by atoms with Crippen molar-refractivity contribution in [1.29, 1.82) is 0 Å². The van der Waals surface area contributed by atoms with Crippen LogP contribution in [0.15, 0.2) is 24.3 Å². The third kappa shape index (κ3) is 4.17. The molecule has 0 spiro atoms. The Kier molecular flexibility index (Phi) is 5.59. The Morgan fingerprint density at radius 3 is 2.65 bits per heavy atom. The van der Waals surface area contributed by atoms with Gasteiger partial charge in [-0.15, -0.1) is 11.6 Å². The van der Waals surface area contributed by atoms with Gasteiger partial charge < -0.3 is 9.33 Å². The zero-order valence-corrected chi connectivity index (χ0v) is 16.6. The molecule has 1 aliphatic heterocycles. The number of alkyl halides is 1. The normalized spacial score (nSPS) is 16.3. The van der Waals surface area contributed by atoms with E-state index in [2.05, 4.69) is 39.9 Å². The van der Waals surface area contributed by atoms with Gasteiger partial charge in [-0.05, 0) is 42.6 Å². The molecule has 1 aromatic rings. The van der Waals surface area contributed by atoms with E-state index in [0.29, 0.717) is 13.0 Å². The molecule has 128 valence electrons. The molecular weight excluding hydrogens is 326 g/mol. The predicted molar refractivity (Wildman–Crippen MR) is 99.9 cm³/mol. The van der Waals surface area contributed by atoms with Gasteiger partial charge in [0, 0.05) is 18.8 Å². The summed E-state index contributed by atoms with van der Waals surface area (Å²) in [6.07, 6.45) is 1.47. The van der Waals surface area contributed by atoms with E-state index in [-0.39, 0.29) is 10.9 Å². The monoisotopic (exact) mass is 353 g/mol. The van der Waals surface area contributed by atoms with Gasteiger partial charge in [-0.2, -0.15) is 0 Å². The van der Waals surface area contributed by atoms with Gasteiger partial charge in [0.1, 0.15) is 5.38 Å². The minimum Gasteiger partial charge on any atom is -0.417 e. The van der Waals surface area contributed by atoms with Gasteiger partial charge >= 0.3 is 0 Å². The van der Waals surface area contributed by atoms with Gasteiger partial charge in [-0.3, -0.25) is 4.79 Å². The molecule has 0 fully saturated rings. The summed E-state index contributed by atoms with van der Waals surface area (Å²) >= 11 is 6.37. The number of halogens is 1. The minimum atomic E-state index is -1.78. The molecule has 23 heavy (non-hydrogen) atoms. The summed E-state index contributed by atoms with van der Waals surface area (Å²) in [6, 6.07) is 8.05. The van der Waals surface area contributed by atoms with Crippen LogP contribution in [0.4, 0.5) is 5.69 Å². The van der Waals surface area contributed by atoms with E-state index in [1.165, 1.54) is 5.56 Å². The second-order valence-electron chi connectivity index (χ2n) is 7.73. The molecule has 0 bridgehead atoms.